The molecule has 0 aromatic carbocycles. The molecule has 0 aliphatic rings. The van der Waals surface area contributed by atoms with Gasteiger partial charge in [0.15, 0.2) is 0 Å². The number of hydrogen-bond donors (Lipinski definition) is 0. The van der Waals surface area contributed by atoms with E-state index in [1.807, 2.05) is 21.1 Å². The molecule has 0 saturated heterocycles. The van der Waals surface area contributed by atoms with Crippen molar-refractivity contribution in [1.82, 2.24) is 0 Å². The van der Waals surface area contributed by atoms with Crippen LogP contribution in [0.25, 0.3) is 0 Å². The van der Waals surface area contributed by atoms with E-state index in [1.165, 1.54) is 180 Å². The number of quaternary nitrogens is 1. The van der Waals surface area contributed by atoms with E-state index in [0.717, 1.165) is 38.5 Å². The van der Waals surface area contributed by atoms with Gasteiger partial charge >= 0.3 is 5.97 Å². The average molecular weight is 870 g/mol. The number of phosphoric ester groups is 1. The van der Waals surface area contributed by atoms with Crippen LogP contribution in [0.5, 0.6) is 0 Å². The van der Waals surface area contributed by atoms with Gasteiger partial charge in [-0.25, -0.2) is 0 Å². The van der Waals surface area contributed by atoms with E-state index in [-0.39, 0.29) is 25.8 Å². The van der Waals surface area contributed by atoms with Crippen molar-refractivity contribution in [2.75, 3.05) is 54.1 Å². The second kappa shape index (κ2) is 44.6. The quantitative estimate of drug-likeness (QED) is 0.0198. The third kappa shape index (κ3) is 48.0. The summed E-state index contributed by atoms with van der Waals surface area (Å²) in [5, 5.41) is 0. The Balaban J connectivity index is 4.12. The summed E-state index contributed by atoms with van der Waals surface area (Å²) >= 11 is 0. The van der Waals surface area contributed by atoms with Gasteiger partial charge < -0.3 is 27.9 Å². The van der Waals surface area contributed by atoms with E-state index in [0.29, 0.717) is 24.1 Å². The predicted octanol–water partition coefficient (Wildman–Crippen LogP) is 14.9. The fourth-order valence-electron chi connectivity index (χ4n) is 7.28. The molecule has 0 bridgehead atoms. The number of ether oxygens (including phenoxy) is 2. The number of hydrogen-bond acceptors (Lipinski definition) is 7. The summed E-state index contributed by atoms with van der Waals surface area (Å²) in [6.45, 7) is 5.44. The Bertz CT molecular complexity index is 1010. The number of rotatable bonds is 48. The molecule has 0 saturated carbocycles. The molecule has 356 valence electrons. The van der Waals surface area contributed by atoms with Crippen LogP contribution in [-0.2, 0) is 27.9 Å². The topological polar surface area (TPSA) is 94.1 Å². The Morgan fingerprint density at radius 1 is 0.517 bits per heavy atom. The van der Waals surface area contributed by atoms with E-state index in [1.54, 1.807) is 0 Å². The summed E-state index contributed by atoms with van der Waals surface area (Å²) < 4.78 is 34.7. The van der Waals surface area contributed by atoms with E-state index in [2.05, 4.69) is 38.2 Å². The number of unbranched alkanes of at least 4 members (excludes halogenated alkanes) is 30. The minimum atomic E-state index is -4.53. The van der Waals surface area contributed by atoms with Gasteiger partial charge in [-0.2, -0.15) is 0 Å². The highest BCUT2D eigenvalue weighted by Crippen LogP contribution is 2.38. The fraction of sp³-hybridized carbons (Fsp3) is 0.902. The summed E-state index contributed by atoms with van der Waals surface area (Å²) in [6, 6.07) is 0. The molecule has 0 radical (unpaired) electrons. The molecule has 0 N–H and O–H groups in total. The highest BCUT2D eigenvalue weighted by atomic mass is 31.2. The smallest absolute Gasteiger partial charge is 0.306 e. The van der Waals surface area contributed by atoms with Crippen LogP contribution in [0.4, 0.5) is 0 Å². The highest BCUT2D eigenvalue weighted by Gasteiger charge is 2.20. The van der Waals surface area contributed by atoms with Crippen molar-refractivity contribution in [1.29, 1.82) is 0 Å². The molecule has 8 nitrogen and oxygen atoms in total. The van der Waals surface area contributed by atoms with Crippen molar-refractivity contribution in [2.24, 2.45) is 0 Å². The van der Waals surface area contributed by atoms with Gasteiger partial charge in [-0.05, 0) is 44.9 Å². The lowest BCUT2D eigenvalue weighted by Crippen LogP contribution is -2.37. The summed E-state index contributed by atoms with van der Waals surface area (Å²) in [5.41, 5.74) is 0. The molecule has 0 aromatic rings. The van der Waals surface area contributed by atoms with Crippen molar-refractivity contribution < 1.29 is 37.3 Å². The lowest BCUT2D eigenvalue weighted by molar-refractivity contribution is -0.870. The molecule has 0 fully saturated rings. The van der Waals surface area contributed by atoms with Gasteiger partial charge in [0.2, 0.25) is 0 Å². The number of nitrogens with zero attached hydrogens (tertiary/aromatic N) is 1. The Labute approximate surface area is 373 Å². The van der Waals surface area contributed by atoms with Crippen molar-refractivity contribution in [3.05, 3.63) is 24.3 Å². The molecular weight excluding hydrogens is 770 g/mol. The Morgan fingerprint density at radius 2 is 0.917 bits per heavy atom. The number of carbonyl (C=O) groups excluding carboxylic acids is 1. The maximum Gasteiger partial charge on any atom is 0.306 e. The van der Waals surface area contributed by atoms with Crippen LogP contribution in [0.2, 0.25) is 0 Å². The van der Waals surface area contributed by atoms with Gasteiger partial charge in [-0.15, -0.1) is 0 Å². The Kier molecular flexibility index (Phi) is 43.8. The maximum atomic E-state index is 12.7. The van der Waals surface area contributed by atoms with Crippen molar-refractivity contribution >= 4 is 13.8 Å². The van der Waals surface area contributed by atoms with E-state index in [4.69, 9.17) is 18.5 Å². The number of esters is 1. The molecule has 0 rings (SSSR count). The van der Waals surface area contributed by atoms with Crippen LogP contribution >= 0.6 is 7.82 Å². The van der Waals surface area contributed by atoms with Gasteiger partial charge in [0.25, 0.3) is 7.82 Å². The number of likely N-dealkylation sites (N-methyl/N-ethyl adjacent to an activating group) is 1. The second-order valence-corrected chi connectivity index (χ2v) is 19.9. The second-order valence-electron chi connectivity index (χ2n) is 18.5. The Hall–Kier alpha value is -1.02. The molecule has 0 heterocycles. The zero-order valence-electron chi connectivity index (χ0n) is 40.4. The maximum absolute atomic E-state index is 12.7. The average Bonchev–Trinajstić information content (AvgIpc) is 3.20. The van der Waals surface area contributed by atoms with E-state index >= 15 is 0 Å². The van der Waals surface area contributed by atoms with E-state index < -0.39 is 13.9 Å². The minimum absolute atomic E-state index is 0.0276. The molecule has 9 heteroatoms. The Morgan fingerprint density at radius 3 is 1.38 bits per heavy atom. The first kappa shape index (κ1) is 59.0. The molecule has 0 aliphatic heterocycles. The van der Waals surface area contributed by atoms with Gasteiger partial charge in [0, 0.05) is 13.0 Å². The van der Waals surface area contributed by atoms with Crippen LogP contribution in [-0.4, -0.2) is 70.7 Å². The largest absolute Gasteiger partial charge is 0.756 e. The first-order valence-corrected chi connectivity index (χ1v) is 27.0. The van der Waals surface area contributed by atoms with Gasteiger partial charge in [0.1, 0.15) is 19.3 Å². The lowest BCUT2D eigenvalue weighted by Gasteiger charge is -2.28. The van der Waals surface area contributed by atoms with Crippen molar-refractivity contribution in [2.45, 2.75) is 245 Å². The third-order valence-corrected chi connectivity index (χ3v) is 12.2. The summed E-state index contributed by atoms with van der Waals surface area (Å²) in [6.07, 6.45) is 51.9. The number of phosphoric acid groups is 1. The number of carbonyl (C=O) groups is 1. The zero-order chi connectivity index (χ0) is 44.1. The minimum Gasteiger partial charge on any atom is -0.756 e. The van der Waals surface area contributed by atoms with Gasteiger partial charge in [-0.1, -0.05) is 212 Å². The highest BCUT2D eigenvalue weighted by molar-refractivity contribution is 7.45. The first-order valence-electron chi connectivity index (χ1n) is 25.6. The zero-order valence-corrected chi connectivity index (χ0v) is 41.3. The van der Waals surface area contributed by atoms with Crippen LogP contribution in [0, 0.1) is 0 Å². The summed E-state index contributed by atoms with van der Waals surface area (Å²) in [4.78, 5) is 25.2. The van der Waals surface area contributed by atoms with Gasteiger partial charge in [-0.3, -0.25) is 9.36 Å². The van der Waals surface area contributed by atoms with Crippen LogP contribution in [0.1, 0.15) is 239 Å². The van der Waals surface area contributed by atoms with Crippen molar-refractivity contribution in [3.8, 4) is 0 Å². The fourth-order valence-corrected chi connectivity index (χ4v) is 8.01. The molecule has 2 unspecified atom stereocenters. The lowest BCUT2D eigenvalue weighted by atomic mass is 10.0. The normalized spacial score (nSPS) is 13.8. The van der Waals surface area contributed by atoms with E-state index in [9.17, 15) is 14.3 Å². The van der Waals surface area contributed by atoms with Crippen LogP contribution in [0.15, 0.2) is 24.3 Å². The molecule has 0 spiro atoms. The number of allylic oxidation sites excluding steroid dienone is 4. The molecule has 0 amide bonds. The third-order valence-electron chi connectivity index (χ3n) is 11.3. The molecule has 0 aliphatic carbocycles. The first-order chi connectivity index (χ1) is 29.1. The molecular formula is C51H100NO7P. The van der Waals surface area contributed by atoms with Crippen LogP contribution in [0.3, 0.4) is 0 Å². The van der Waals surface area contributed by atoms with Crippen molar-refractivity contribution in [3.63, 3.8) is 0 Å². The summed E-state index contributed by atoms with van der Waals surface area (Å²) in [5.74, 6) is -0.334. The monoisotopic (exact) mass is 870 g/mol. The molecule has 0 aromatic heterocycles. The summed E-state index contributed by atoms with van der Waals surface area (Å²) in [7, 11) is 1.36. The SMILES string of the molecule is CCCCC/C=C\C/C=C\CCCCCCCCCCCC(=O)OC(COCCCCCCCCCCCCCCCCCCCCC)COP(=O)([O-])OCC[N+](C)(C)C. The van der Waals surface area contributed by atoms with Gasteiger partial charge in [0.05, 0.1) is 34.4 Å². The molecule has 60 heavy (non-hydrogen) atoms. The molecule has 2 atom stereocenters. The van der Waals surface area contributed by atoms with Crippen LogP contribution < -0.4 is 4.89 Å². The predicted molar refractivity (Wildman–Crippen MR) is 254 cm³/mol. The standard InChI is InChI=1S/C51H100NO7P/c1-6-8-10-12-14-16-18-20-22-24-26-28-30-32-34-36-38-40-42-44-51(53)59-50(49-58-60(54,55)57-47-45-52(3,4)5)48-56-46-43-41-39-37-35-33-31-29-27-25-23-21-19-17-15-13-11-9-7-2/h14,16,20,22,50H,6-13,15,17-19,21,23-49H2,1-5H3/b16-14-,22-20-.